The third-order valence-corrected chi connectivity index (χ3v) is 6.43. The first kappa shape index (κ1) is 18.9. The van der Waals surface area contributed by atoms with E-state index in [1.165, 1.54) is 16.4 Å². The molecular formula is C17H25FN2O3S. The fraction of sp³-hybridized carbons (Fsp3) is 0.588. The highest BCUT2D eigenvalue weighted by molar-refractivity contribution is 7.89. The van der Waals surface area contributed by atoms with Crippen molar-refractivity contribution in [3.63, 3.8) is 0 Å². The van der Waals surface area contributed by atoms with Gasteiger partial charge in [0.1, 0.15) is 5.82 Å². The Kier molecular flexibility index (Phi) is 5.65. The zero-order valence-corrected chi connectivity index (χ0v) is 15.2. The predicted octanol–water partition coefficient (Wildman–Crippen LogP) is 2.53. The van der Waals surface area contributed by atoms with Crippen LogP contribution in [0.25, 0.3) is 0 Å². The van der Waals surface area contributed by atoms with Crippen LogP contribution >= 0.6 is 0 Å². The van der Waals surface area contributed by atoms with E-state index in [4.69, 9.17) is 0 Å². The molecule has 0 spiro atoms. The van der Waals surface area contributed by atoms with Gasteiger partial charge < -0.3 is 5.32 Å². The predicted molar refractivity (Wildman–Crippen MR) is 90.4 cm³/mol. The van der Waals surface area contributed by atoms with Crippen LogP contribution in [0.5, 0.6) is 0 Å². The van der Waals surface area contributed by atoms with Crippen molar-refractivity contribution in [2.24, 2.45) is 5.92 Å². The van der Waals surface area contributed by atoms with Crippen LogP contribution in [0.1, 0.15) is 40.0 Å². The Balaban J connectivity index is 2.12. The average molecular weight is 356 g/mol. The lowest BCUT2D eigenvalue weighted by Gasteiger charge is -2.33. The van der Waals surface area contributed by atoms with Gasteiger partial charge in [-0.05, 0) is 57.4 Å². The summed E-state index contributed by atoms with van der Waals surface area (Å²) in [5.41, 5.74) is -0.310. The molecule has 1 heterocycles. The Morgan fingerprint density at radius 1 is 1.33 bits per heavy atom. The minimum Gasteiger partial charge on any atom is -0.351 e. The molecular weight excluding hydrogens is 331 g/mol. The van der Waals surface area contributed by atoms with Crippen molar-refractivity contribution in [2.45, 2.75) is 50.5 Å². The van der Waals surface area contributed by atoms with E-state index in [2.05, 4.69) is 5.32 Å². The van der Waals surface area contributed by atoms with Crippen LogP contribution in [0, 0.1) is 11.7 Å². The summed E-state index contributed by atoms with van der Waals surface area (Å²) >= 11 is 0. The maximum atomic E-state index is 13.0. The van der Waals surface area contributed by atoms with Crippen LogP contribution in [0.2, 0.25) is 0 Å². The molecule has 7 heteroatoms. The first-order valence-electron chi connectivity index (χ1n) is 8.23. The Morgan fingerprint density at radius 2 is 1.96 bits per heavy atom. The van der Waals surface area contributed by atoms with Gasteiger partial charge in [-0.15, -0.1) is 0 Å². The van der Waals surface area contributed by atoms with Crippen molar-refractivity contribution in [3.8, 4) is 0 Å². The molecule has 2 rings (SSSR count). The van der Waals surface area contributed by atoms with Gasteiger partial charge in [-0.3, -0.25) is 4.79 Å². The summed E-state index contributed by atoms with van der Waals surface area (Å²) < 4.78 is 39.7. The lowest BCUT2D eigenvalue weighted by molar-refractivity contribution is -0.127. The van der Waals surface area contributed by atoms with Gasteiger partial charge in [0.2, 0.25) is 15.9 Å². The van der Waals surface area contributed by atoms with Gasteiger partial charge >= 0.3 is 0 Å². The Labute approximate surface area is 143 Å². The Morgan fingerprint density at radius 3 is 2.54 bits per heavy atom. The molecule has 0 bridgehead atoms. The van der Waals surface area contributed by atoms with Gasteiger partial charge in [0.15, 0.2) is 0 Å². The topological polar surface area (TPSA) is 66.5 Å². The lowest BCUT2D eigenvalue weighted by atomic mass is 9.95. The van der Waals surface area contributed by atoms with Gasteiger partial charge in [-0.25, -0.2) is 12.8 Å². The number of hydrogen-bond acceptors (Lipinski definition) is 3. The number of carbonyl (C=O) groups excluding carboxylic acids is 1. The second-order valence-electron chi connectivity index (χ2n) is 6.88. The maximum Gasteiger partial charge on any atom is 0.243 e. The van der Waals surface area contributed by atoms with E-state index in [-0.39, 0.29) is 28.8 Å². The highest BCUT2D eigenvalue weighted by Gasteiger charge is 2.34. The molecule has 1 atom stereocenters. The van der Waals surface area contributed by atoms with Gasteiger partial charge in [-0.2, -0.15) is 4.31 Å². The van der Waals surface area contributed by atoms with Gasteiger partial charge in [0.05, 0.1) is 10.8 Å². The smallest absolute Gasteiger partial charge is 0.243 e. The van der Waals surface area contributed by atoms with Crippen LogP contribution in [0.15, 0.2) is 29.2 Å². The molecule has 0 saturated carbocycles. The molecule has 134 valence electrons. The molecule has 0 radical (unpaired) electrons. The zero-order valence-electron chi connectivity index (χ0n) is 14.4. The second-order valence-corrected chi connectivity index (χ2v) is 8.82. The first-order valence-corrected chi connectivity index (χ1v) is 9.67. The van der Waals surface area contributed by atoms with E-state index in [9.17, 15) is 17.6 Å². The second kappa shape index (κ2) is 7.19. The van der Waals surface area contributed by atoms with E-state index in [1.807, 2.05) is 20.8 Å². The number of nitrogens with one attached hydrogen (secondary N) is 1. The highest BCUT2D eigenvalue weighted by atomic mass is 32.2. The number of amides is 1. The van der Waals surface area contributed by atoms with Gasteiger partial charge in [0.25, 0.3) is 0 Å². The van der Waals surface area contributed by atoms with E-state index in [1.54, 1.807) is 0 Å². The molecule has 1 N–H and O–H groups in total. The number of halogens is 1. The third kappa shape index (κ3) is 4.33. The standard InChI is InChI=1S/C17H25FN2O3S/c1-4-17(2,3)19-16(21)13-6-5-11-20(12-13)24(22,23)15-9-7-14(18)8-10-15/h7-10,13H,4-6,11-12H2,1-3H3,(H,19,21)/t13-/m0/s1. The SMILES string of the molecule is CCC(C)(C)NC(=O)[C@H]1CCCN(S(=O)(=O)c2ccc(F)cc2)C1. The average Bonchev–Trinajstić information content (AvgIpc) is 2.55. The molecule has 0 aromatic heterocycles. The van der Waals surface area contributed by atoms with Crippen molar-refractivity contribution < 1.29 is 17.6 Å². The summed E-state index contributed by atoms with van der Waals surface area (Å²) in [7, 11) is -3.71. The summed E-state index contributed by atoms with van der Waals surface area (Å²) in [6, 6.07) is 4.78. The minimum atomic E-state index is -3.71. The van der Waals surface area contributed by atoms with E-state index in [0.29, 0.717) is 19.4 Å². The van der Waals surface area contributed by atoms with Crippen LogP contribution < -0.4 is 5.32 Å². The molecule has 1 aliphatic heterocycles. The fourth-order valence-corrected chi connectivity index (χ4v) is 4.18. The number of carbonyl (C=O) groups is 1. The number of hydrogen-bond donors (Lipinski definition) is 1. The summed E-state index contributed by atoms with van der Waals surface area (Å²) in [5.74, 6) is -0.952. The lowest BCUT2D eigenvalue weighted by Crippen LogP contribution is -2.50. The first-order chi connectivity index (χ1) is 11.2. The summed E-state index contributed by atoms with van der Waals surface area (Å²) in [6.45, 7) is 6.42. The Hall–Kier alpha value is -1.47. The fourth-order valence-electron chi connectivity index (χ4n) is 2.65. The van der Waals surface area contributed by atoms with Gasteiger partial charge in [0, 0.05) is 18.6 Å². The maximum absolute atomic E-state index is 13.0. The molecule has 1 aliphatic rings. The molecule has 0 aliphatic carbocycles. The molecule has 1 aromatic carbocycles. The number of sulfonamides is 1. The number of benzene rings is 1. The highest BCUT2D eigenvalue weighted by Crippen LogP contribution is 2.24. The molecule has 24 heavy (non-hydrogen) atoms. The van der Waals surface area contributed by atoms with Crippen LogP contribution in [-0.2, 0) is 14.8 Å². The van der Waals surface area contributed by atoms with Crippen molar-refractivity contribution in [1.82, 2.24) is 9.62 Å². The number of piperidine rings is 1. The molecule has 5 nitrogen and oxygen atoms in total. The van der Waals surface area contributed by atoms with E-state index < -0.39 is 15.8 Å². The van der Waals surface area contributed by atoms with E-state index in [0.717, 1.165) is 18.6 Å². The molecule has 1 fully saturated rings. The largest absolute Gasteiger partial charge is 0.351 e. The molecule has 0 unspecified atom stereocenters. The normalized spacial score (nSPS) is 19.9. The number of rotatable bonds is 5. The quantitative estimate of drug-likeness (QED) is 0.882. The van der Waals surface area contributed by atoms with Crippen LogP contribution in [0.4, 0.5) is 4.39 Å². The van der Waals surface area contributed by atoms with E-state index >= 15 is 0 Å². The van der Waals surface area contributed by atoms with Crippen LogP contribution in [-0.4, -0.2) is 37.3 Å². The summed E-state index contributed by atoms with van der Waals surface area (Å²) in [6.07, 6.45) is 2.09. The molecule has 1 aromatic rings. The minimum absolute atomic E-state index is 0.0545. The molecule has 1 amide bonds. The summed E-state index contributed by atoms with van der Waals surface area (Å²) in [5, 5.41) is 2.98. The monoisotopic (exact) mass is 356 g/mol. The van der Waals surface area contributed by atoms with Crippen LogP contribution in [0.3, 0.4) is 0 Å². The Bertz CT molecular complexity index is 686. The number of nitrogens with zero attached hydrogens (tertiary/aromatic N) is 1. The third-order valence-electron chi connectivity index (χ3n) is 4.55. The zero-order chi connectivity index (χ0) is 18.0. The molecule has 1 saturated heterocycles. The summed E-state index contributed by atoms with van der Waals surface area (Å²) in [4.78, 5) is 12.5. The van der Waals surface area contributed by atoms with Crippen molar-refractivity contribution >= 4 is 15.9 Å². The van der Waals surface area contributed by atoms with Crippen molar-refractivity contribution in [2.75, 3.05) is 13.1 Å². The van der Waals surface area contributed by atoms with Crippen molar-refractivity contribution in [3.05, 3.63) is 30.1 Å². The van der Waals surface area contributed by atoms with Gasteiger partial charge in [-0.1, -0.05) is 6.92 Å². The van der Waals surface area contributed by atoms with Crippen molar-refractivity contribution in [1.29, 1.82) is 0 Å².